The van der Waals surface area contributed by atoms with E-state index in [1.54, 1.807) is 96.3 Å². The molecule has 11 aliphatic rings. The van der Waals surface area contributed by atoms with E-state index in [-0.39, 0.29) is 0 Å². The summed E-state index contributed by atoms with van der Waals surface area (Å²) in [6.07, 6.45) is 47.1. The van der Waals surface area contributed by atoms with E-state index in [1.807, 2.05) is 0 Å². The summed E-state index contributed by atoms with van der Waals surface area (Å²) in [4.78, 5) is 6.64. The molecule has 0 aromatic rings. The molecule has 3 aliphatic heterocycles. The highest BCUT2D eigenvalue weighted by Crippen LogP contribution is 2.59. The minimum absolute atomic E-state index is 0.581. The zero-order valence-corrected chi connectivity index (χ0v) is 32.9. The quantitative estimate of drug-likeness (QED) is 0.291. The molecule has 0 aromatic carbocycles. The summed E-state index contributed by atoms with van der Waals surface area (Å²) in [5.74, 6) is 10.2. The highest BCUT2D eigenvalue weighted by atomic mass is 16.5. The van der Waals surface area contributed by atoms with E-state index in [1.165, 1.54) is 96.3 Å². The van der Waals surface area contributed by atoms with Crippen LogP contribution in [0.1, 0.15) is 193 Å². The Kier molecular flexibility index (Phi) is 9.66. The number of likely N-dealkylation sites (tertiary alicyclic amines) is 2. The van der Waals surface area contributed by atoms with E-state index in [0.717, 1.165) is 95.4 Å². The van der Waals surface area contributed by atoms with Gasteiger partial charge in [-0.2, -0.15) is 0 Å². The van der Waals surface area contributed by atoms with Crippen molar-refractivity contribution in [2.45, 2.75) is 241 Å². The Bertz CT molecular complexity index is 1200. The molecule has 11 fully saturated rings. The summed E-state index contributed by atoms with van der Waals surface area (Å²) < 4.78 is 7.20. The maximum atomic E-state index is 7.20. The molecule has 3 heteroatoms. The first-order valence-corrected chi connectivity index (χ1v) is 24.5. The second kappa shape index (κ2) is 14.4. The second-order valence-corrected chi connectivity index (χ2v) is 21.8. The van der Waals surface area contributed by atoms with E-state index in [2.05, 4.69) is 9.80 Å². The van der Waals surface area contributed by atoms with Crippen LogP contribution in [0.4, 0.5) is 0 Å². The maximum absolute atomic E-state index is 7.20. The van der Waals surface area contributed by atoms with Crippen LogP contribution in [-0.4, -0.2) is 58.3 Å². The molecule has 51 heavy (non-hydrogen) atoms. The van der Waals surface area contributed by atoms with Gasteiger partial charge in [0.1, 0.15) is 0 Å². The summed E-state index contributed by atoms with van der Waals surface area (Å²) in [5.41, 5.74) is 0. The van der Waals surface area contributed by atoms with Gasteiger partial charge in [-0.3, -0.25) is 9.80 Å². The van der Waals surface area contributed by atoms with Gasteiger partial charge in [-0.05, 0) is 162 Å². The van der Waals surface area contributed by atoms with Crippen molar-refractivity contribution in [3.05, 3.63) is 0 Å². The molecule has 17 atom stereocenters. The van der Waals surface area contributed by atoms with Crippen LogP contribution in [0.2, 0.25) is 0 Å². The normalized spacial score (nSPS) is 53.8. The molecule has 3 saturated heterocycles. The number of hydrogen-bond donors (Lipinski definition) is 0. The lowest BCUT2D eigenvalue weighted by molar-refractivity contribution is -0.0682. The molecule has 11 rings (SSSR count). The van der Waals surface area contributed by atoms with Crippen LogP contribution in [0.5, 0.6) is 0 Å². The molecule has 0 spiro atoms. The monoisotopic (exact) mass is 699 g/mol. The van der Waals surface area contributed by atoms with Crippen molar-refractivity contribution in [2.75, 3.05) is 0 Å². The Morgan fingerprint density at radius 2 is 0.804 bits per heavy atom. The van der Waals surface area contributed by atoms with Crippen LogP contribution in [0, 0.1) is 59.2 Å². The summed E-state index contributed by atoms with van der Waals surface area (Å²) in [6.45, 7) is 0. The average Bonchev–Trinajstić information content (AvgIpc) is 3.86. The van der Waals surface area contributed by atoms with E-state index in [9.17, 15) is 0 Å². The number of ether oxygens (including phenoxy) is 1. The Labute approximate surface area is 313 Å². The van der Waals surface area contributed by atoms with Gasteiger partial charge >= 0.3 is 0 Å². The molecule has 0 aromatic heterocycles. The zero-order chi connectivity index (χ0) is 33.5. The fourth-order valence-corrected chi connectivity index (χ4v) is 18.1. The fourth-order valence-electron chi connectivity index (χ4n) is 18.1. The Balaban J connectivity index is 0.793. The minimum atomic E-state index is 0.581. The molecule has 0 amide bonds. The van der Waals surface area contributed by atoms with Crippen molar-refractivity contribution >= 4 is 0 Å². The number of fused-ring (bicyclic) bond motifs is 9. The third-order valence-corrected chi connectivity index (χ3v) is 19.9. The number of hydrogen-bond acceptors (Lipinski definition) is 3. The van der Waals surface area contributed by atoms with Crippen LogP contribution in [0.3, 0.4) is 0 Å². The molecular formula is C48H78N2O. The predicted octanol–water partition coefficient (Wildman–Crippen LogP) is 11.6. The smallest absolute Gasteiger partial charge is 0.0766 e. The molecule has 0 bridgehead atoms. The predicted molar refractivity (Wildman–Crippen MR) is 208 cm³/mol. The van der Waals surface area contributed by atoms with Gasteiger partial charge in [0.05, 0.1) is 12.2 Å². The maximum Gasteiger partial charge on any atom is 0.0766 e. The Morgan fingerprint density at radius 3 is 1.55 bits per heavy atom. The average molecular weight is 699 g/mol. The molecule has 3 heterocycles. The van der Waals surface area contributed by atoms with Crippen molar-refractivity contribution in [1.82, 2.24) is 9.80 Å². The lowest BCUT2D eigenvalue weighted by atomic mass is 9.62. The third kappa shape index (κ3) is 5.93. The van der Waals surface area contributed by atoms with Gasteiger partial charge in [0.25, 0.3) is 0 Å². The SMILES string of the molecule is C1CCC(C2CCCC(N3C4CCCCC4C4CC(C5CCC6C(C5)C5CCCCC5N6C5CCCC6C7CCCCC7OC65)CCC43)C2)CC1. The van der Waals surface area contributed by atoms with Gasteiger partial charge in [0.15, 0.2) is 0 Å². The van der Waals surface area contributed by atoms with Crippen LogP contribution in [-0.2, 0) is 4.74 Å². The van der Waals surface area contributed by atoms with E-state index in [4.69, 9.17) is 4.74 Å². The van der Waals surface area contributed by atoms with Gasteiger partial charge in [-0.1, -0.05) is 89.9 Å². The first kappa shape index (κ1) is 34.2. The van der Waals surface area contributed by atoms with Gasteiger partial charge < -0.3 is 4.74 Å². The zero-order valence-electron chi connectivity index (χ0n) is 32.9. The van der Waals surface area contributed by atoms with Crippen molar-refractivity contribution in [2.24, 2.45) is 59.2 Å². The van der Waals surface area contributed by atoms with Gasteiger partial charge in [-0.25, -0.2) is 0 Å². The molecule has 0 radical (unpaired) electrons. The highest BCUT2D eigenvalue weighted by molar-refractivity contribution is 5.12. The standard InChI is InChI=1S/C48H78N2O/c1-2-12-31(13-3-1)32-14-10-15-35(28-32)49-42-20-7-4-16-36(42)40-29-33(24-26-44(40)49)34-25-27-45-41(30-34)37-17-5-8-21-43(37)50(45)46-22-11-19-39-38-18-6-9-23-47(38)51-48(39)46/h31-48H,1-30H2. The summed E-state index contributed by atoms with van der Waals surface area (Å²) >= 11 is 0. The summed E-state index contributed by atoms with van der Waals surface area (Å²) in [6, 6.07) is 5.42. The van der Waals surface area contributed by atoms with Crippen molar-refractivity contribution < 1.29 is 4.74 Å². The highest BCUT2D eigenvalue weighted by Gasteiger charge is 2.60. The van der Waals surface area contributed by atoms with Crippen molar-refractivity contribution in [3.63, 3.8) is 0 Å². The van der Waals surface area contributed by atoms with Crippen molar-refractivity contribution in [1.29, 1.82) is 0 Å². The molecular weight excluding hydrogens is 621 g/mol. The lowest BCUT2D eigenvalue weighted by Crippen LogP contribution is -2.55. The van der Waals surface area contributed by atoms with E-state index < -0.39 is 0 Å². The molecule has 17 unspecified atom stereocenters. The van der Waals surface area contributed by atoms with Gasteiger partial charge in [0, 0.05) is 36.3 Å². The Morgan fingerprint density at radius 1 is 0.294 bits per heavy atom. The van der Waals surface area contributed by atoms with E-state index in [0.29, 0.717) is 12.2 Å². The van der Waals surface area contributed by atoms with E-state index >= 15 is 0 Å². The van der Waals surface area contributed by atoms with Gasteiger partial charge in [0.2, 0.25) is 0 Å². The molecule has 8 aliphatic carbocycles. The van der Waals surface area contributed by atoms with Gasteiger partial charge in [-0.15, -0.1) is 0 Å². The summed E-state index contributed by atoms with van der Waals surface area (Å²) in [7, 11) is 0. The van der Waals surface area contributed by atoms with Crippen LogP contribution in [0.15, 0.2) is 0 Å². The molecule has 3 nitrogen and oxygen atoms in total. The minimum Gasteiger partial charge on any atom is -0.373 e. The van der Waals surface area contributed by atoms with Crippen LogP contribution in [0.25, 0.3) is 0 Å². The van der Waals surface area contributed by atoms with Crippen molar-refractivity contribution in [3.8, 4) is 0 Å². The lowest BCUT2D eigenvalue weighted by Gasteiger charge is -2.48. The second-order valence-electron chi connectivity index (χ2n) is 21.8. The summed E-state index contributed by atoms with van der Waals surface area (Å²) in [5, 5.41) is 0. The topological polar surface area (TPSA) is 15.7 Å². The Hall–Kier alpha value is -0.120. The molecule has 0 N–H and O–H groups in total. The third-order valence-electron chi connectivity index (χ3n) is 19.9. The van der Waals surface area contributed by atoms with Crippen LogP contribution < -0.4 is 0 Å². The number of rotatable bonds is 4. The van der Waals surface area contributed by atoms with Crippen LogP contribution >= 0.6 is 0 Å². The molecule has 8 saturated carbocycles. The first-order chi connectivity index (χ1) is 25.3. The number of nitrogens with zero attached hydrogens (tertiary/aromatic N) is 2. The largest absolute Gasteiger partial charge is 0.373 e. The molecule has 286 valence electrons. The first-order valence-electron chi connectivity index (χ1n) is 24.5. The fraction of sp³-hybridized carbons (Fsp3) is 1.00.